The molecule has 1 N–H and O–H groups in total. The molecular formula is C12H17N5O. The molecule has 6 nitrogen and oxygen atoms in total. The van der Waals surface area contributed by atoms with Crippen LogP contribution in [0.1, 0.15) is 31.3 Å². The molecule has 96 valence electrons. The van der Waals surface area contributed by atoms with E-state index in [-0.39, 0.29) is 11.5 Å². The minimum atomic E-state index is 0.0263. The zero-order chi connectivity index (χ0) is 12.9. The van der Waals surface area contributed by atoms with Gasteiger partial charge in [0, 0.05) is 20.1 Å². The molecule has 0 amide bonds. The first-order valence-electron chi connectivity index (χ1n) is 6.26. The molecule has 18 heavy (non-hydrogen) atoms. The maximum absolute atomic E-state index is 12.5. The molecule has 3 rings (SSSR count). The highest BCUT2D eigenvalue weighted by molar-refractivity contribution is 5.77. The Labute approximate surface area is 105 Å². The molecule has 0 unspecified atom stereocenters. The molecule has 0 atom stereocenters. The monoisotopic (exact) mass is 247 g/mol. The summed E-state index contributed by atoms with van der Waals surface area (Å²) in [4.78, 5) is 17.1. The van der Waals surface area contributed by atoms with Gasteiger partial charge in [-0.3, -0.25) is 14.0 Å². The Balaban J connectivity index is 2.40. The second kappa shape index (κ2) is 3.91. The third-order valence-corrected chi connectivity index (χ3v) is 3.39. The van der Waals surface area contributed by atoms with Crippen molar-refractivity contribution >= 4 is 11.0 Å². The van der Waals surface area contributed by atoms with E-state index in [1.807, 2.05) is 7.05 Å². The normalized spacial score (nSPS) is 15.3. The second-order valence-electron chi connectivity index (χ2n) is 5.02. The van der Waals surface area contributed by atoms with Crippen molar-refractivity contribution in [2.24, 2.45) is 7.05 Å². The Hall–Kier alpha value is -1.69. The standard InChI is InChI=1S/C12H17N5O/c1-7(2)9-10-11(16(3)15-9)12(18)17-5-4-13-6-8(17)14-10/h7,13H,4-6H2,1-3H3. The molecule has 0 radical (unpaired) electrons. The van der Waals surface area contributed by atoms with Crippen LogP contribution in [0.25, 0.3) is 11.0 Å². The lowest BCUT2D eigenvalue weighted by atomic mass is 10.1. The summed E-state index contributed by atoms with van der Waals surface area (Å²) in [5.41, 5.74) is 2.30. The summed E-state index contributed by atoms with van der Waals surface area (Å²) in [6, 6.07) is 0. The van der Waals surface area contributed by atoms with Gasteiger partial charge in [0.2, 0.25) is 0 Å². The van der Waals surface area contributed by atoms with Crippen LogP contribution < -0.4 is 10.9 Å². The van der Waals surface area contributed by atoms with Gasteiger partial charge in [0.15, 0.2) is 5.52 Å². The van der Waals surface area contributed by atoms with E-state index in [9.17, 15) is 4.79 Å². The van der Waals surface area contributed by atoms with Crippen LogP contribution in [-0.2, 0) is 20.1 Å². The summed E-state index contributed by atoms with van der Waals surface area (Å²) < 4.78 is 3.42. The SMILES string of the molecule is CC(C)c1nn(C)c2c(=O)n3c(nc12)CNCC3. The lowest BCUT2D eigenvalue weighted by molar-refractivity contribution is 0.485. The molecular weight excluding hydrogens is 230 g/mol. The van der Waals surface area contributed by atoms with Gasteiger partial charge in [-0.2, -0.15) is 5.10 Å². The van der Waals surface area contributed by atoms with Crippen molar-refractivity contribution in [2.75, 3.05) is 6.54 Å². The number of nitrogens with one attached hydrogen (secondary N) is 1. The van der Waals surface area contributed by atoms with Crippen molar-refractivity contribution in [2.45, 2.75) is 32.9 Å². The summed E-state index contributed by atoms with van der Waals surface area (Å²) in [5.74, 6) is 1.08. The number of rotatable bonds is 1. The van der Waals surface area contributed by atoms with E-state index in [4.69, 9.17) is 0 Å². The summed E-state index contributed by atoms with van der Waals surface area (Å²) in [6.07, 6.45) is 0. The van der Waals surface area contributed by atoms with Crippen LogP contribution in [0.3, 0.4) is 0 Å². The van der Waals surface area contributed by atoms with E-state index in [1.54, 1.807) is 9.25 Å². The molecule has 0 saturated heterocycles. The smallest absolute Gasteiger partial charge is 0.279 e. The number of hydrogen-bond acceptors (Lipinski definition) is 4. The fraction of sp³-hybridized carbons (Fsp3) is 0.583. The van der Waals surface area contributed by atoms with Gasteiger partial charge in [-0.05, 0) is 5.92 Å². The molecule has 2 aromatic rings. The molecule has 3 heterocycles. The number of fused-ring (bicyclic) bond motifs is 2. The van der Waals surface area contributed by atoms with Crippen LogP contribution in [0.5, 0.6) is 0 Å². The molecule has 0 bridgehead atoms. The summed E-state index contributed by atoms with van der Waals surface area (Å²) in [6.45, 7) is 6.28. The Morgan fingerprint density at radius 3 is 2.89 bits per heavy atom. The third kappa shape index (κ3) is 1.49. The van der Waals surface area contributed by atoms with Gasteiger partial charge >= 0.3 is 0 Å². The van der Waals surface area contributed by atoms with Crippen molar-refractivity contribution < 1.29 is 0 Å². The van der Waals surface area contributed by atoms with Crippen molar-refractivity contribution in [1.29, 1.82) is 0 Å². The van der Waals surface area contributed by atoms with E-state index < -0.39 is 0 Å². The van der Waals surface area contributed by atoms with Crippen LogP contribution in [0, 0.1) is 0 Å². The molecule has 0 saturated carbocycles. The Morgan fingerprint density at radius 2 is 2.17 bits per heavy atom. The first kappa shape index (κ1) is 11.4. The van der Waals surface area contributed by atoms with Crippen LogP contribution >= 0.6 is 0 Å². The van der Waals surface area contributed by atoms with Crippen molar-refractivity contribution in [1.82, 2.24) is 24.6 Å². The van der Waals surface area contributed by atoms with E-state index in [0.29, 0.717) is 18.6 Å². The fourth-order valence-electron chi connectivity index (χ4n) is 2.46. The maximum Gasteiger partial charge on any atom is 0.279 e. The largest absolute Gasteiger partial charge is 0.308 e. The van der Waals surface area contributed by atoms with Crippen LogP contribution in [0.15, 0.2) is 4.79 Å². The average molecular weight is 247 g/mol. The number of aromatic nitrogens is 4. The fourth-order valence-corrected chi connectivity index (χ4v) is 2.46. The van der Waals surface area contributed by atoms with Crippen molar-refractivity contribution in [3.8, 4) is 0 Å². The van der Waals surface area contributed by atoms with E-state index >= 15 is 0 Å². The van der Waals surface area contributed by atoms with Crippen LogP contribution in [0.4, 0.5) is 0 Å². The summed E-state index contributed by atoms with van der Waals surface area (Å²) >= 11 is 0. The zero-order valence-corrected chi connectivity index (χ0v) is 10.9. The van der Waals surface area contributed by atoms with E-state index in [0.717, 1.165) is 23.6 Å². The molecule has 6 heteroatoms. The molecule has 0 spiro atoms. The lowest BCUT2D eigenvalue weighted by Gasteiger charge is -2.18. The lowest BCUT2D eigenvalue weighted by Crippen LogP contribution is -2.37. The molecule has 1 aliphatic rings. The molecule has 2 aromatic heterocycles. The predicted molar refractivity (Wildman–Crippen MR) is 68.6 cm³/mol. The van der Waals surface area contributed by atoms with Gasteiger partial charge in [-0.25, -0.2) is 4.98 Å². The Kier molecular flexibility index (Phi) is 2.48. The second-order valence-corrected chi connectivity index (χ2v) is 5.02. The molecule has 1 aliphatic heterocycles. The van der Waals surface area contributed by atoms with E-state index in [2.05, 4.69) is 29.2 Å². The van der Waals surface area contributed by atoms with E-state index in [1.165, 1.54) is 0 Å². The van der Waals surface area contributed by atoms with Gasteiger partial charge in [-0.1, -0.05) is 13.8 Å². The number of nitrogens with zero attached hydrogens (tertiary/aromatic N) is 4. The average Bonchev–Trinajstić information content (AvgIpc) is 2.67. The third-order valence-electron chi connectivity index (χ3n) is 3.39. The minimum Gasteiger partial charge on any atom is -0.308 e. The summed E-state index contributed by atoms with van der Waals surface area (Å²) in [5, 5.41) is 7.68. The van der Waals surface area contributed by atoms with Gasteiger partial charge in [0.25, 0.3) is 5.56 Å². The highest BCUT2D eigenvalue weighted by atomic mass is 16.1. The highest BCUT2D eigenvalue weighted by Crippen LogP contribution is 2.21. The van der Waals surface area contributed by atoms with Gasteiger partial charge in [-0.15, -0.1) is 0 Å². The molecule has 0 aromatic carbocycles. The van der Waals surface area contributed by atoms with Gasteiger partial charge in [0.05, 0.1) is 12.2 Å². The number of aryl methyl sites for hydroxylation is 1. The van der Waals surface area contributed by atoms with Gasteiger partial charge < -0.3 is 5.32 Å². The quantitative estimate of drug-likeness (QED) is 0.790. The predicted octanol–water partition coefficient (Wildman–Crippen LogP) is 0.357. The van der Waals surface area contributed by atoms with Crippen LogP contribution in [-0.4, -0.2) is 25.9 Å². The van der Waals surface area contributed by atoms with Crippen LogP contribution in [0.2, 0.25) is 0 Å². The number of hydrogen-bond donors (Lipinski definition) is 1. The van der Waals surface area contributed by atoms with Gasteiger partial charge in [0.1, 0.15) is 11.3 Å². The highest BCUT2D eigenvalue weighted by Gasteiger charge is 2.21. The minimum absolute atomic E-state index is 0.0263. The molecule has 0 aliphatic carbocycles. The Morgan fingerprint density at radius 1 is 1.39 bits per heavy atom. The Bertz CT molecular complexity index is 667. The van der Waals surface area contributed by atoms with Crippen molar-refractivity contribution in [3.63, 3.8) is 0 Å². The summed E-state index contributed by atoms with van der Waals surface area (Å²) in [7, 11) is 1.81. The van der Waals surface area contributed by atoms with Crippen molar-refractivity contribution in [3.05, 3.63) is 21.9 Å². The first-order valence-corrected chi connectivity index (χ1v) is 6.26. The first-order chi connectivity index (χ1) is 8.59. The maximum atomic E-state index is 12.5. The topological polar surface area (TPSA) is 64.7 Å². The molecule has 0 fully saturated rings. The zero-order valence-electron chi connectivity index (χ0n) is 10.9.